The van der Waals surface area contributed by atoms with E-state index in [1.165, 1.54) is 0 Å². The van der Waals surface area contributed by atoms with Gasteiger partial charge in [0.1, 0.15) is 10.4 Å². The number of aryl methyl sites for hydroxylation is 1. The summed E-state index contributed by atoms with van der Waals surface area (Å²) in [5, 5.41) is 0. The standard InChI is InChI=1S/C7H9BrN2O2S/c1-5-3-4-6(9-7(5)8)10-13(2,11)12/h3-4H,1-2H3,(H,9,10). The highest BCUT2D eigenvalue weighted by Crippen LogP contribution is 2.16. The van der Waals surface area contributed by atoms with Crippen LogP contribution in [-0.4, -0.2) is 19.7 Å². The zero-order chi connectivity index (χ0) is 10.1. The molecule has 0 aromatic carbocycles. The second kappa shape index (κ2) is 3.63. The van der Waals surface area contributed by atoms with Gasteiger partial charge in [-0.25, -0.2) is 13.4 Å². The highest BCUT2D eigenvalue weighted by Gasteiger charge is 2.04. The van der Waals surface area contributed by atoms with E-state index in [1.54, 1.807) is 12.1 Å². The molecular weight excluding hydrogens is 256 g/mol. The summed E-state index contributed by atoms with van der Waals surface area (Å²) >= 11 is 3.21. The first-order valence-corrected chi connectivity index (χ1v) is 6.18. The van der Waals surface area contributed by atoms with Crippen molar-refractivity contribution in [1.29, 1.82) is 0 Å². The molecule has 1 rings (SSSR count). The van der Waals surface area contributed by atoms with Crippen LogP contribution in [0.1, 0.15) is 5.56 Å². The second-order valence-corrected chi connectivity index (χ2v) is 5.18. The number of sulfonamides is 1. The number of anilines is 1. The lowest BCUT2D eigenvalue weighted by Crippen LogP contribution is -2.10. The van der Waals surface area contributed by atoms with E-state index in [0.717, 1.165) is 11.8 Å². The topological polar surface area (TPSA) is 59.1 Å². The van der Waals surface area contributed by atoms with Gasteiger partial charge in [0, 0.05) is 0 Å². The van der Waals surface area contributed by atoms with Crippen molar-refractivity contribution in [2.24, 2.45) is 0 Å². The molecule has 0 aliphatic rings. The number of halogens is 1. The number of hydrogen-bond acceptors (Lipinski definition) is 3. The average Bonchev–Trinajstić information content (AvgIpc) is 1.94. The minimum absolute atomic E-state index is 0.319. The molecule has 1 heterocycles. The van der Waals surface area contributed by atoms with Crippen LogP contribution in [0.25, 0.3) is 0 Å². The molecule has 0 aliphatic heterocycles. The average molecular weight is 265 g/mol. The Balaban J connectivity index is 2.99. The van der Waals surface area contributed by atoms with Crippen LogP contribution in [0.5, 0.6) is 0 Å². The Hall–Kier alpha value is -0.620. The zero-order valence-electron chi connectivity index (χ0n) is 7.20. The van der Waals surface area contributed by atoms with Crippen LogP contribution < -0.4 is 4.72 Å². The molecular formula is C7H9BrN2O2S. The fourth-order valence-electron chi connectivity index (χ4n) is 0.751. The minimum atomic E-state index is -3.24. The summed E-state index contributed by atoms with van der Waals surface area (Å²) in [6.07, 6.45) is 1.09. The van der Waals surface area contributed by atoms with Crippen molar-refractivity contribution in [3.05, 3.63) is 22.3 Å². The van der Waals surface area contributed by atoms with Crippen LogP contribution in [0.4, 0.5) is 5.82 Å². The van der Waals surface area contributed by atoms with E-state index < -0.39 is 10.0 Å². The highest BCUT2D eigenvalue weighted by atomic mass is 79.9. The summed E-state index contributed by atoms with van der Waals surface area (Å²) in [5.74, 6) is 0.319. The van der Waals surface area contributed by atoms with E-state index >= 15 is 0 Å². The van der Waals surface area contributed by atoms with E-state index in [4.69, 9.17) is 0 Å². The van der Waals surface area contributed by atoms with Gasteiger partial charge in [0.15, 0.2) is 0 Å². The van der Waals surface area contributed by atoms with Gasteiger partial charge in [0.2, 0.25) is 10.0 Å². The largest absolute Gasteiger partial charge is 0.268 e. The Bertz CT molecular complexity index is 417. The fraction of sp³-hybridized carbons (Fsp3) is 0.286. The molecule has 6 heteroatoms. The van der Waals surface area contributed by atoms with E-state index in [0.29, 0.717) is 10.4 Å². The third kappa shape index (κ3) is 3.31. The van der Waals surface area contributed by atoms with Crippen molar-refractivity contribution in [3.8, 4) is 0 Å². The Kier molecular flexibility index (Phi) is 2.92. The van der Waals surface area contributed by atoms with Crippen molar-refractivity contribution in [2.75, 3.05) is 11.0 Å². The molecule has 1 N–H and O–H groups in total. The molecule has 0 fully saturated rings. The Labute approximate surface area is 85.6 Å². The third-order valence-electron chi connectivity index (χ3n) is 1.33. The maximum Gasteiger partial charge on any atom is 0.230 e. The van der Waals surface area contributed by atoms with Gasteiger partial charge < -0.3 is 0 Å². The van der Waals surface area contributed by atoms with Crippen LogP contribution in [-0.2, 0) is 10.0 Å². The number of aromatic nitrogens is 1. The van der Waals surface area contributed by atoms with Gasteiger partial charge in [-0.2, -0.15) is 0 Å². The Morgan fingerprint density at radius 1 is 1.46 bits per heavy atom. The van der Waals surface area contributed by atoms with Crippen LogP contribution in [0, 0.1) is 6.92 Å². The summed E-state index contributed by atoms with van der Waals surface area (Å²) in [5.41, 5.74) is 0.957. The fourth-order valence-corrected chi connectivity index (χ4v) is 1.57. The molecule has 1 aromatic rings. The Morgan fingerprint density at radius 3 is 2.54 bits per heavy atom. The van der Waals surface area contributed by atoms with Crippen LogP contribution in [0.15, 0.2) is 16.7 Å². The van der Waals surface area contributed by atoms with Gasteiger partial charge in [-0.1, -0.05) is 6.07 Å². The molecule has 0 aliphatic carbocycles. The molecule has 13 heavy (non-hydrogen) atoms. The van der Waals surface area contributed by atoms with Crippen molar-refractivity contribution in [2.45, 2.75) is 6.92 Å². The van der Waals surface area contributed by atoms with Gasteiger partial charge in [-0.3, -0.25) is 4.72 Å². The smallest absolute Gasteiger partial charge is 0.230 e. The summed E-state index contributed by atoms with van der Waals surface area (Å²) in [4.78, 5) is 3.98. The third-order valence-corrected chi connectivity index (χ3v) is 2.71. The maximum absolute atomic E-state index is 10.8. The maximum atomic E-state index is 10.8. The molecule has 0 amide bonds. The van der Waals surface area contributed by atoms with Crippen molar-refractivity contribution < 1.29 is 8.42 Å². The number of hydrogen-bond donors (Lipinski definition) is 1. The molecule has 0 atom stereocenters. The van der Waals surface area contributed by atoms with Gasteiger partial charge in [-0.05, 0) is 34.5 Å². The Morgan fingerprint density at radius 2 is 2.08 bits per heavy atom. The summed E-state index contributed by atoms with van der Waals surface area (Å²) in [6, 6.07) is 3.39. The first-order valence-electron chi connectivity index (χ1n) is 3.49. The first kappa shape index (κ1) is 10.5. The number of nitrogens with zero attached hydrogens (tertiary/aromatic N) is 1. The molecule has 1 aromatic heterocycles. The minimum Gasteiger partial charge on any atom is -0.268 e. The second-order valence-electron chi connectivity index (χ2n) is 2.68. The van der Waals surface area contributed by atoms with Crippen LogP contribution >= 0.6 is 15.9 Å². The number of nitrogens with one attached hydrogen (secondary N) is 1. The number of pyridine rings is 1. The molecule has 0 spiro atoms. The molecule has 72 valence electrons. The van der Waals surface area contributed by atoms with E-state index in [9.17, 15) is 8.42 Å². The van der Waals surface area contributed by atoms with Gasteiger partial charge in [-0.15, -0.1) is 0 Å². The van der Waals surface area contributed by atoms with Gasteiger partial charge in [0.25, 0.3) is 0 Å². The predicted molar refractivity (Wildman–Crippen MR) is 55.1 cm³/mol. The van der Waals surface area contributed by atoms with E-state index in [-0.39, 0.29) is 0 Å². The van der Waals surface area contributed by atoms with Gasteiger partial charge in [0.05, 0.1) is 6.26 Å². The highest BCUT2D eigenvalue weighted by molar-refractivity contribution is 9.10. The lowest BCUT2D eigenvalue weighted by Gasteiger charge is -2.03. The van der Waals surface area contributed by atoms with E-state index in [2.05, 4.69) is 25.6 Å². The lowest BCUT2D eigenvalue weighted by molar-refractivity contribution is 0.606. The predicted octanol–water partition coefficient (Wildman–Crippen LogP) is 1.52. The van der Waals surface area contributed by atoms with Crippen LogP contribution in [0.3, 0.4) is 0 Å². The van der Waals surface area contributed by atoms with Crippen molar-refractivity contribution in [1.82, 2.24) is 4.98 Å². The number of rotatable bonds is 2. The summed E-state index contributed by atoms with van der Waals surface area (Å²) in [6.45, 7) is 1.88. The van der Waals surface area contributed by atoms with Gasteiger partial charge >= 0.3 is 0 Å². The molecule has 4 nitrogen and oxygen atoms in total. The molecule has 0 bridgehead atoms. The SMILES string of the molecule is Cc1ccc(NS(C)(=O)=O)nc1Br. The molecule has 0 saturated heterocycles. The summed E-state index contributed by atoms with van der Waals surface area (Å²) < 4.78 is 24.6. The van der Waals surface area contributed by atoms with Crippen molar-refractivity contribution >= 4 is 31.8 Å². The monoisotopic (exact) mass is 264 g/mol. The quantitative estimate of drug-likeness (QED) is 0.825. The summed E-state index contributed by atoms with van der Waals surface area (Å²) in [7, 11) is -3.24. The molecule has 0 saturated carbocycles. The molecule has 0 unspecified atom stereocenters. The normalized spacial score (nSPS) is 11.3. The lowest BCUT2D eigenvalue weighted by atomic mass is 10.3. The molecule has 0 radical (unpaired) electrons. The van der Waals surface area contributed by atoms with Crippen LogP contribution in [0.2, 0.25) is 0 Å². The zero-order valence-corrected chi connectivity index (χ0v) is 9.61. The first-order chi connectivity index (χ1) is 5.88. The van der Waals surface area contributed by atoms with E-state index in [1.807, 2.05) is 6.92 Å². The van der Waals surface area contributed by atoms with Crippen molar-refractivity contribution in [3.63, 3.8) is 0 Å².